The maximum absolute atomic E-state index is 12.9. The van der Waals surface area contributed by atoms with E-state index in [2.05, 4.69) is 0 Å². The molecule has 0 aromatic heterocycles. The van der Waals surface area contributed by atoms with E-state index < -0.39 is 10.0 Å². The zero-order valence-electron chi connectivity index (χ0n) is 14.8. The van der Waals surface area contributed by atoms with Gasteiger partial charge in [0.1, 0.15) is 5.75 Å². The first-order chi connectivity index (χ1) is 11.3. The number of carbonyl (C=O) groups is 1. The first-order valence-electron chi connectivity index (χ1n) is 8.22. The lowest BCUT2D eigenvalue weighted by Gasteiger charge is -2.23. The van der Waals surface area contributed by atoms with Crippen LogP contribution in [-0.4, -0.2) is 62.6 Å². The fourth-order valence-electron chi connectivity index (χ4n) is 2.97. The second-order valence-electron chi connectivity index (χ2n) is 6.08. The average Bonchev–Trinajstić information content (AvgIpc) is 2.82. The lowest BCUT2D eigenvalue weighted by atomic mass is 10.0. The Bertz CT molecular complexity index is 716. The highest BCUT2D eigenvalue weighted by molar-refractivity contribution is 7.89. The van der Waals surface area contributed by atoms with Gasteiger partial charge in [-0.2, -0.15) is 0 Å². The van der Waals surface area contributed by atoms with Crippen LogP contribution in [0.3, 0.4) is 0 Å². The second kappa shape index (κ2) is 7.53. The van der Waals surface area contributed by atoms with Crippen molar-refractivity contribution in [3.05, 3.63) is 28.8 Å². The van der Waals surface area contributed by atoms with Gasteiger partial charge in [-0.3, -0.25) is 4.79 Å². The Kier molecular flexibility index (Phi) is 5.87. The summed E-state index contributed by atoms with van der Waals surface area (Å²) >= 11 is 0. The monoisotopic (exact) mass is 354 g/mol. The molecule has 0 atom stereocenters. The molecular formula is C17H26N2O4S. The summed E-state index contributed by atoms with van der Waals surface area (Å²) in [7, 11) is -1.59. The zero-order chi connectivity index (χ0) is 17.9. The number of hydrogen-bond acceptors (Lipinski definition) is 4. The lowest BCUT2D eigenvalue weighted by molar-refractivity contribution is 0.0763. The Hall–Kier alpha value is -1.60. The van der Waals surface area contributed by atoms with E-state index in [0.717, 1.165) is 16.9 Å². The van der Waals surface area contributed by atoms with Crippen LogP contribution in [0.1, 0.15) is 34.8 Å². The molecule has 1 amide bonds. The van der Waals surface area contributed by atoms with Gasteiger partial charge >= 0.3 is 0 Å². The third kappa shape index (κ3) is 3.89. The molecule has 1 aromatic carbocycles. The smallest absolute Gasteiger partial charge is 0.254 e. The molecule has 1 fully saturated rings. The van der Waals surface area contributed by atoms with Crippen LogP contribution in [0, 0.1) is 13.8 Å². The van der Waals surface area contributed by atoms with Crippen LogP contribution in [0.5, 0.6) is 5.75 Å². The average molecular weight is 354 g/mol. The number of ether oxygens (including phenoxy) is 1. The van der Waals surface area contributed by atoms with Gasteiger partial charge in [0.15, 0.2) is 0 Å². The molecule has 0 saturated carbocycles. The van der Waals surface area contributed by atoms with Crippen molar-refractivity contribution in [3.63, 3.8) is 0 Å². The van der Waals surface area contributed by atoms with E-state index in [9.17, 15) is 13.2 Å². The molecular weight excluding hydrogens is 328 g/mol. The standard InChI is InChI=1S/C17H26N2O4S/c1-5-24(21,22)19-8-6-7-18(9-10-19)17(20)15-11-14(3)16(23-4)12-13(15)2/h11-12H,5-10H2,1-4H3. The lowest BCUT2D eigenvalue weighted by Crippen LogP contribution is -2.38. The van der Waals surface area contributed by atoms with E-state index in [-0.39, 0.29) is 11.7 Å². The number of hydrogen-bond donors (Lipinski definition) is 0. The van der Waals surface area contributed by atoms with Crippen LogP contribution in [0.4, 0.5) is 0 Å². The van der Waals surface area contributed by atoms with Gasteiger partial charge in [0.2, 0.25) is 10.0 Å². The van der Waals surface area contributed by atoms with Gasteiger partial charge in [-0.15, -0.1) is 0 Å². The van der Waals surface area contributed by atoms with Gasteiger partial charge in [0, 0.05) is 31.7 Å². The molecule has 0 spiro atoms. The van der Waals surface area contributed by atoms with Crippen molar-refractivity contribution < 1.29 is 17.9 Å². The van der Waals surface area contributed by atoms with Gasteiger partial charge in [-0.25, -0.2) is 12.7 Å². The topological polar surface area (TPSA) is 66.9 Å². The molecule has 0 unspecified atom stereocenters. The van der Waals surface area contributed by atoms with Crippen molar-refractivity contribution in [1.29, 1.82) is 0 Å². The maximum Gasteiger partial charge on any atom is 0.254 e. The molecule has 0 aliphatic carbocycles. The molecule has 1 aliphatic heterocycles. The van der Waals surface area contributed by atoms with Gasteiger partial charge in [0.25, 0.3) is 5.91 Å². The number of nitrogens with zero attached hydrogens (tertiary/aromatic N) is 2. The summed E-state index contributed by atoms with van der Waals surface area (Å²) in [5, 5.41) is 0. The number of benzene rings is 1. The number of methoxy groups -OCH3 is 1. The van der Waals surface area contributed by atoms with Crippen LogP contribution >= 0.6 is 0 Å². The van der Waals surface area contributed by atoms with E-state index in [1.54, 1.807) is 18.9 Å². The molecule has 7 heteroatoms. The van der Waals surface area contributed by atoms with Crippen molar-refractivity contribution in [1.82, 2.24) is 9.21 Å². The predicted molar refractivity (Wildman–Crippen MR) is 94.0 cm³/mol. The minimum absolute atomic E-state index is 0.0472. The predicted octanol–water partition coefficient (Wildman–Crippen LogP) is 1.81. The highest BCUT2D eigenvalue weighted by Gasteiger charge is 2.26. The quantitative estimate of drug-likeness (QED) is 0.827. The van der Waals surface area contributed by atoms with Crippen molar-refractivity contribution in [3.8, 4) is 5.75 Å². The molecule has 0 radical (unpaired) electrons. The van der Waals surface area contributed by atoms with Gasteiger partial charge in [-0.1, -0.05) is 0 Å². The molecule has 1 saturated heterocycles. The first-order valence-corrected chi connectivity index (χ1v) is 9.83. The number of carbonyl (C=O) groups excluding carboxylic acids is 1. The number of amides is 1. The van der Waals surface area contributed by atoms with E-state index >= 15 is 0 Å². The van der Waals surface area contributed by atoms with E-state index in [1.807, 2.05) is 26.0 Å². The Balaban J connectivity index is 2.18. The summed E-state index contributed by atoms with van der Waals surface area (Å²) in [6, 6.07) is 3.72. The van der Waals surface area contributed by atoms with Crippen LogP contribution in [0.15, 0.2) is 12.1 Å². The van der Waals surface area contributed by atoms with Gasteiger partial charge < -0.3 is 9.64 Å². The van der Waals surface area contributed by atoms with E-state index in [1.165, 1.54) is 4.31 Å². The third-order valence-corrected chi connectivity index (χ3v) is 6.35. The Morgan fingerprint density at radius 3 is 2.46 bits per heavy atom. The maximum atomic E-state index is 12.9. The fourth-order valence-corrected chi connectivity index (χ4v) is 4.10. The van der Waals surface area contributed by atoms with E-state index in [4.69, 9.17) is 4.74 Å². The van der Waals surface area contributed by atoms with E-state index in [0.29, 0.717) is 38.2 Å². The molecule has 24 heavy (non-hydrogen) atoms. The van der Waals surface area contributed by atoms with Crippen LogP contribution in [0.2, 0.25) is 0 Å². The number of rotatable bonds is 4. The van der Waals surface area contributed by atoms with Crippen LogP contribution in [0.25, 0.3) is 0 Å². The molecule has 1 aliphatic rings. The molecule has 0 bridgehead atoms. The Morgan fingerprint density at radius 2 is 1.83 bits per heavy atom. The highest BCUT2D eigenvalue weighted by atomic mass is 32.2. The zero-order valence-corrected chi connectivity index (χ0v) is 15.6. The van der Waals surface area contributed by atoms with Gasteiger partial charge in [-0.05, 0) is 50.5 Å². The third-order valence-electron chi connectivity index (χ3n) is 4.47. The molecule has 1 heterocycles. The highest BCUT2D eigenvalue weighted by Crippen LogP contribution is 2.24. The number of aryl methyl sites for hydroxylation is 2. The van der Waals surface area contributed by atoms with Crippen LogP contribution < -0.4 is 4.74 Å². The largest absolute Gasteiger partial charge is 0.496 e. The summed E-state index contributed by atoms with van der Waals surface area (Å²) in [5.41, 5.74) is 2.43. The van der Waals surface area contributed by atoms with Crippen molar-refractivity contribution in [2.45, 2.75) is 27.2 Å². The minimum atomic E-state index is -3.20. The molecule has 0 N–H and O–H groups in total. The van der Waals surface area contributed by atoms with Crippen molar-refractivity contribution >= 4 is 15.9 Å². The summed E-state index contributed by atoms with van der Waals surface area (Å²) in [4.78, 5) is 14.6. The summed E-state index contributed by atoms with van der Waals surface area (Å²) < 4.78 is 30.8. The van der Waals surface area contributed by atoms with Crippen molar-refractivity contribution in [2.24, 2.45) is 0 Å². The molecule has 134 valence electrons. The second-order valence-corrected chi connectivity index (χ2v) is 8.34. The van der Waals surface area contributed by atoms with Crippen molar-refractivity contribution in [2.75, 3.05) is 39.0 Å². The Morgan fingerprint density at radius 1 is 1.12 bits per heavy atom. The van der Waals surface area contributed by atoms with Gasteiger partial charge in [0.05, 0.1) is 12.9 Å². The fraction of sp³-hybridized carbons (Fsp3) is 0.588. The summed E-state index contributed by atoms with van der Waals surface area (Å²) in [5.74, 6) is 0.812. The molecule has 2 rings (SSSR count). The Labute approximate surface area is 144 Å². The summed E-state index contributed by atoms with van der Waals surface area (Å²) in [6.45, 7) is 7.26. The molecule has 1 aromatic rings. The minimum Gasteiger partial charge on any atom is -0.496 e. The number of sulfonamides is 1. The molecule has 6 nitrogen and oxygen atoms in total. The summed E-state index contributed by atoms with van der Waals surface area (Å²) in [6.07, 6.45) is 0.652. The SMILES string of the molecule is CCS(=O)(=O)N1CCCN(C(=O)c2cc(C)c(OC)cc2C)CC1. The normalized spacial score (nSPS) is 16.8. The van der Waals surface area contributed by atoms with Crippen LogP contribution in [-0.2, 0) is 10.0 Å². The first kappa shape index (κ1) is 18.7.